The van der Waals surface area contributed by atoms with Crippen molar-refractivity contribution in [2.24, 2.45) is 0 Å². The number of pyridine rings is 1. The maximum Gasteiger partial charge on any atom is 0.0353 e. The topological polar surface area (TPSA) is 12.9 Å². The van der Waals surface area contributed by atoms with Crippen LogP contribution in [0.2, 0.25) is 0 Å². The van der Waals surface area contributed by atoms with E-state index in [0.717, 1.165) is 0 Å². The van der Waals surface area contributed by atoms with Gasteiger partial charge in [0.05, 0.1) is 0 Å². The highest BCUT2D eigenvalue weighted by Crippen LogP contribution is 2.43. The number of fused-ring (bicyclic) bond motifs is 2. The van der Waals surface area contributed by atoms with E-state index < -0.39 is 0 Å². The van der Waals surface area contributed by atoms with Crippen LogP contribution in [0.3, 0.4) is 0 Å². The highest BCUT2D eigenvalue weighted by Gasteiger charge is 2.16. The number of benzene rings is 4. The summed E-state index contributed by atoms with van der Waals surface area (Å²) in [5.41, 5.74) is 6.38. The normalized spacial score (nSPS) is 11.4. The highest BCUT2D eigenvalue weighted by molar-refractivity contribution is 6.21. The van der Waals surface area contributed by atoms with E-state index in [0.29, 0.717) is 5.92 Å². The molecular weight excluding hydrogens is 350 g/mol. The summed E-state index contributed by atoms with van der Waals surface area (Å²) in [5.74, 6) is 0.527. The zero-order valence-corrected chi connectivity index (χ0v) is 16.8. The fraction of sp³-hybridized carbons (Fsp3) is 0.107. The predicted octanol–water partition coefficient (Wildman–Crippen LogP) is 7.85. The minimum Gasteiger partial charge on any atom is -0.264 e. The van der Waals surface area contributed by atoms with Crippen molar-refractivity contribution < 1.29 is 0 Å². The molecule has 140 valence electrons. The number of hydrogen-bond donors (Lipinski definition) is 0. The van der Waals surface area contributed by atoms with E-state index in [1.54, 1.807) is 0 Å². The molecule has 1 heteroatoms. The molecule has 0 N–H and O–H groups in total. The Morgan fingerprint density at radius 3 is 1.76 bits per heavy atom. The van der Waals surface area contributed by atoms with Gasteiger partial charge in [-0.15, -0.1) is 0 Å². The fourth-order valence-corrected chi connectivity index (χ4v) is 4.28. The first-order valence-electron chi connectivity index (χ1n) is 10.2. The van der Waals surface area contributed by atoms with Crippen LogP contribution in [0, 0.1) is 0 Å². The molecule has 5 aromatic rings. The molecule has 0 aliphatic heterocycles. The number of rotatable bonds is 3. The van der Waals surface area contributed by atoms with Crippen LogP contribution in [0.25, 0.3) is 43.8 Å². The quantitative estimate of drug-likeness (QED) is 0.293. The predicted molar refractivity (Wildman–Crippen MR) is 124 cm³/mol. The Labute approximate surface area is 171 Å². The molecule has 0 unspecified atom stereocenters. The van der Waals surface area contributed by atoms with E-state index in [1.807, 2.05) is 12.4 Å². The molecule has 0 spiro atoms. The number of nitrogens with zero attached hydrogens (tertiary/aromatic N) is 1. The van der Waals surface area contributed by atoms with Gasteiger partial charge in [0.1, 0.15) is 0 Å². The average Bonchev–Trinajstić information content (AvgIpc) is 2.78. The molecule has 0 amide bonds. The van der Waals surface area contributed by atoms with Crippen molar-refractivity contribution in [2.75, 3.05) is 0 Å². The minimum absolute atomic E-state index is 0.527. The highest BCUT2D eigenvalue weighted by atomic mass is 14.6. The third-order valence-electron chi connectivity index (χ3n) is 5.75. The first-order chi connectivity index (χ1) is 14.2. The van der Waals surface area contributed by atoms with Gasteiger partial charge in [0.15, 0.2) is 0 Å². The lowest BCUT2D eigenvalue weighted by molar-refractivity contribution is 0.867. The van der Waals surface area contributed by atoms with E-state index in [9.17, 15) is 0 Å². The van der Waals surface area contributed by atoms with Crippen LogP contribution in [0.15, 0.2) is 97.3 Å². The summed E-state index contributed by atoms with van der Waals surface area (Å²) in [5, 5.41) is 4.99. The van der Waals surface area contributed by atoms with Gasteiger partial charge in [-0.25, -0.2) is 0 Å². The molecule has 1 nitrogen and oxygen atoms in total. The Balaban J connectivity index is 1.90. The molecule has 0 saturated heterocycles. The minimum atomic E-state index is 0.527. The second-order valence-electron chi connectivity index (χ2n) is 7.86. The van der Waals surface area contributed by atoms with Crippen LogP contribution in [0.5, 0.6) is 0 Å². The van der Waals surface area contributed by atoms with E-state index in [4.69, 9.17) is 0 Å². The summed E-state index contributed by atoms with van der Waals surface area (Å²) in [4.78, 5) is 4.49. The first kappa shape index (κ1) is 17.6. The molecular formula is C28H23N. The molecule has 0 atom stereocenters. The molecule has 0 aliphatic rings. The SMILES string of the molecule is CC(C)c1ccc(-c2c3ccccc3c(-c3ccccc3)c3ccncc23)cc1. The fourth-order valence-electron chi connectivity index (χ4n) is 4.28. The lowest BCUT2D eigenvalue weighted by Crippen LogP contribution is -1.92. The van der Waals surface area contributed by atoms with Crippen molar-refractivity contribution in [3.8, 4) is 22.3 Å². The van der Waals surface area contributed by atoms with Crippen molar-refractivity contribution in [3.63, 3.8) is 0 Å². The van der Waals surface area contributed by atoms with Gasteiger partial charge in [-0.1, -0.05) is 92.7 Å². The molecule has 5 rings (SSSR count). The molecule has 0 fully saturated rings. The van der Waals surface area contributed by atoms with Crippen molar-refractivity contribution in [2.45, 2.75) is 19.8 Å². The summed E-state index contributed by atoms with van der Waals surface area (Å²) in [7, 11) is 0. The Bertz CT molecular complexity index is 1240. The molecule has 1 aromatic heterocycles. The third kappa shape index (κ3) is 3.00. The summed E-state index contributed by atoms with van der Waals surface area (Å²) < 4.78 is 0. The van der Waals surface area contributed by atoms with Crippen LogP contribution >= 0.6 is 0 Å². The van der Waals surface area contributed by atoms with Gasteiger partial charge in [0.25, 0.3) is 0 Å². The molecule has 4 aromatic carbocycles. The lowest BCUT2D eigenvalue weighted by atomic mass is 9.86. The van der Waals surface area contributed by atoms with Crippen LogP contribution in [-0.2, 0) is 0 Å². The Morgan fingerprint density at radius 1 is 0.552 bits per heavy atom. The summed E-state index contributed by atoms with van der Waals surface area (Å²) in [6, 6.07) is 30.6. The zero-order chi connectivity index (χ0) is 19.8. The first-order valence-corrected chi connectivity index (χ1v) is 10.2. The van der Waals surface area contributed by atoms with Crippen molar-refractivity contribution in [1.82, 2.24) is 4.98 Å². The second kappa shape index (κ2) is 7.18. The van der Waals surface area contributed by atoms with Gasteiger partial charge in [-0.2, -0.15) is 0 Å². The van der Waals surface area contributed by atoms with Crippen LogP contribution in [0.1, 0.15) is 25.3 Å². The summed E-state index contributed by atoms with van der Waals surface area (Å²) in [6.45, 7) is 4.47. The van der Waals surface area contributed by atoms with E-state index in [1.165, 1.54) is 49.4 Å². The van der Waals surface area contributed by atoms with E-state index in [-0.39, 0.29) is 0 Å². The van der Waals surface area contributed by atoms with Gasteiger partial charge in [0, 0.05) is 17.8 Å². The Hall–Kier alpha value is -3.45. The van der Waals surface area contributed by atoms with Crippen LogP contribution in [0.4, 0.5) is 0 Å². The van der Waals surface area contributed by atoms with Crippen LogP contribution < -0.4 is 0 Å². The van der Waals surface area contributed by atoms with Crippen LogP contribution in [-0.4, -0.2) is 4.98 Å². The standard InChI is InChI=1S/C28H23N/c1-19(2)20-12-14-22(15-13-20)28-24-11-7-6-10-23(24)27(21-8-4-3-5-9-21)25-16-17-29-18-26(25)28/h3-19H,1-2H3. The molecule has 1 heterocycles. The monoisotopic (exact) mass is 373 g/mol. The van der Waals surface area contributed by atoms with Crippen molar-refractivity contribution in [1.29, 1.82) is 0 Å². The van der Waals surface area contributed by atoms with Gasteiger partial charge in [-0.05, 0) is 56.0 Å². The van der Waals surface area contributed by atoms with E-state index >= 15 is 0 Å². The van der Waals surface area contributed by atoms with Gasteiger partial charge < -0.3 is 0 Å². The number of aromatic nitrogens is 1. The largest absolute Gasteiger partial charge is 0.264 e. The second-order valence-corrected chi connectivity index (χ2v) is 7.86. The summed E-state index contributed by atoms with van der Waals surface area (Å²) >= 11 is 0. The van der Waals surface area contributed by atoms with Gasteiger partial charge in [-0.3, -0.25) is 4.98 Å². The molecule has 0 bridgehead atoms. The van der Waals surface area contributed by atoms with Crippen molar-refractivity contribution in [3.05, 3.63) is 103 Å². The van der Waals surface area contributed by atoms with Gasteiger partial charge in [0.2, 0.25) is 0 Å². The maximum absolute atomic E-state index is 4.49. The smallest absolute Gasteiger partial charge is 0.0353 e. The van der Waals surface area contributed by atoms with E-state index in [2.05, 4.69) is 104 Å². The Kier molecular flexibility index (Phi) is 4.37. The van der Waals surface area contributed by atoms with Gasteiger partial charge >= 0.3 is 0 Å². The average molecular weight is 373 g/mol. The lowest BCUT2D eigenvalue weighted by Gasteiger charge is -2.17. The van der Waals surface area contributed by atoms with Crippen molar-refractivity contribution >= 4 is 21.5 Å². The molecule has 0 aliphatic carbocycles. The number of hydrogen-bond acceptors (Lipinski definition) is 1. The Morgan fingerprint density at radius 2 is 1.10 bits per heavy atom. The molecule has 29 heavy (non-hydrogen) atoms. The molecule has 0 saturated carbocycles. The zero-order valence-electron chi connectivity index (χ0n) is 16.8. The maximum atomic E-state index is 4.49. The summed E-state index contributed by atoms with van der Waals surface area (Å²) in [6.07, 6.45) is 3.91. The molecule has 0 radical (unpaired) electrons. The third-order valence-corrected chi connectivity index (χ3v) is 5.75.